The van der Waals surface area contributed by atoms with Crippen LogP contribution >= 0.6 is 0 Å². The number of hydrogen-bond acceptors (Lipinski definition) is 3. The molecule has 0 spiro atoms. The number of benzene rings is 2. The van der Waals surface area contributed by atoms with Crippen molar-refractivity contribution in [3.05, 3.63) is 59.7 Å². The number of methoxy groups -OCH3 is 1. The first-order valence-corrected chi connectivity index (χ1v) is 6.33. The SMILES string of the molecule is COc1cc(CN)ccc1OC(C)c1ccccc1. The lowest BCUT2D eigenvalue weighted by atomic mass is 10.1. The molecule has 19 heavy (non-hydrogen) atoms. The fourth-order valence-corrected chi connectivity index (χ4v) is 1.92. The van der Waals surface area contributed by atoms with Crippen LogP contribution < -0.4 is 15.2 Å². The Morgan fingerprint density at radius 2 is 1.79 bits per heavy atom. The quantitative estimate of drug-likeness (QED) is 0.893. The minimum atomic E-state index is -0.0289. The van der Waals surface area contributed by atoms with Crippen LogP contribution in [0.2, 0.25) is 0 Å². The second-order valence-corrected chi connectivity index (χ2v) is 4.36. The van der Waals surface area contributed by atoms with Crippen LogP contribution in [0, 0.1) is 0 Å². The largest absolute Gasteiger partial charge is 0.493 e. The van der Waals surface area contributed by atoms with Crippen LogP contribution in [-0.4, -0.2) is 7.11 Å². The van der Waals surface area contributed by atoms with Crippen molar-refractivity contribution in [3.63, 3.8) is 0 Å². The number of rotatable bonds is 5. The van der Waals surface area contributed by atoms with E-state index in [2.05, 4.69) is 0 Å². The Balaban J connectivity index is 2.19. The van der Waals surface area contributed by atoms with Gasteiger partial charge in [-0.1, -0.05) is 36.4 Å². The van der Waals surface area contributed by atoms with Gasteiger partial charge >= 0.3 is 0 Å². The topological polar surface area (TPSA) is 44.5 Å². The first kappa shape index (κ1) is 13.4. The van der Waals surface area contributed by atoms with Gasteiger partial charge in [0.05, 0.1) is 7.11 Å². The summed E-state index contributed by atoms with van der Waals surface area (Å²) in [7, 11) is 1.63. The van der Waals surface area contributed by atoms with Crippen LogP contribution in [0.15, 0.2) is 48.5 Å². The summed E-state index contributed by atoms with van der Waals surface area (Å²) < 4.78 is 11.3. The summed E-state index contributed by atoms with van der Waals surface area (Å²) in [5.41, 5.74) is 7.78. The molecule has 2 aromatic carbocycles. The number of hydrogen-bond donors (Lipinski definition) is 1. The highest BCUT2D eigenvalue weighted by Gasteiger charge is 2.11. The van der Waals surface area contributed by atoms with Crippen molar-refractivity contribution < 1.29 is 9.47 Å². The molecule has 0 aliphatic carbocycles. The molecule has 3 nitrogen and oxygen atoms in total. The summed E-state index contributed by atoms with van der Waals surface area (Å²) in [6.07, 6.45) is -0.0289. The van der Waals surface area contributed by atoms with E-state index in [0.29, 0.717) is 12.3 Å². The van der Waals surface area contributed by atoms with Crippen LogP contribution in [0.25, 0.3) is 0 Å². The van der Waals surface area contributed by atoms with E-state index in [1.807, 2.05) is 55.5 Å². The maximum Gasteiger partial charge on any atom is 0.162 e. The van der Waals surface area contributed by atoms with Gasteiger partial charge in [0.2, 0.25) is 0 Å². The molecule has 2 N–H and O–H groups in total. The van der Waals surface area contributed by atoms with Crippen molar-refractivity contribution in [1.82, 2.24) is 0 Å². The molecule has 3 heteroatoms. The van der Waals surface area contributed by atoms with Crippen LogP contribution in [0.1, 0.15) is 24.2 Å². The van der Waals surface area contributed by atoms with Crippen molar-refractivity contribution in [3.8, 4) is 11.5 Å². The Kier molecular flexibility index (Phi) is 4.42. The summed E-state index contributed by atoms with van der Waals surface area (Å²) in [4.78, 5) is 0. The van der Waals surface area contributed by atoms with E-state index in [9.17, 15) is 0 Å². The van der Waals surface area contributed by atoms with E-state index in [0.717, 1.165) is 16.9 Å². The predicted molar refractivity (Wildman–Crippen MR) is 76.4 cm³/mol. The summed E-state index contributed by atoms with van der Waals surface area (Å²) in [6, 6.07) is 15.9. The summed E-state index contributed by atoms with van der Waals surface area (Å²) in [5, 5.41) is 0. The fraction of sp³-hybridized carbons (Fsp3) is 0.250. The molecule has 0 aromatic heterocycles. The van der Waals surface area contributed by atoms with Crippen LogP contribution in [0.5, 0.6) is 11.5 Å². The second-order valence-electron chi connectivity index (χ2n) is 4.36. The van der Waals surface area contributed by atoms with Crippen molar-refractivity contribution in [2.45, 2.75) is 19.6 Å². The molecule has 0 fully saturated rings. The lowest BCUT2D eigenvalue weighted by Crippen LogP contribution is -2.05. The molecular formula is C16H19NO2. The van der Waals surface area contributed by atoms with Crippen LogP contribution in [0.4, 0.5) is 0 Å². The van der Waals surface area contributed by atoms with Gasteiger partial charge in [0, 0.05) is 6.54 Å². The Bertz CT molecular complexity index is 526. The molecule has 2 rings (SSSR count). The minimum Gasteiger partial charge on any atom is -0.493 e. The van der Waals surface area contributed by atoms with E-state index >= 15 is 0 Å². The first-order valence-electron chi connectivity index (χ1n) is 6.33. The summed E-state index contributed by atoms with van der Waals surface area (Å²) in [6.45, 7) is 2.51. The number of ether oxygens (including phenoxy) is 2. The molecule has 1 unspecified atom stereocenters. The van der Waals surface area contributed by atoms with E-state index < -0.39 is 0 Å². The van der Waals surface area contributed by atoms with Gasteiger partial charge < -0.3 is 15.2 Å². The van der Waals surface area contributed by atoms with Gasteiger partial charge in [-0.25, -0.2) is 0 Å². The Morgan fingerprint density at radius 3 is 2.42 bits per heavy atom. The van der Waals surface area contributed by atoms with E-state index in [1.165, 1.54) is 0 Å². The van der Waals surface area contributed by atoms with Crippen molar-refractivity contribution in [1.29, 1.82) is 0 Å². The molecule has 0 aliphatic heterocycles. The fourth-order valence-electron chi connectivity index (χ4n) is 1.92. The zero-order valence-electron chi connectivity index (χ0n) is 11.3. The molecule has 100 valence electrons. The molecule has 0 saturated heterocycles. The Hall–Kier alpha value is -2.00. The van der Waals surface area contributed by atoms with Gasteiger partial charge in [-0.3, -0.25) is 0 Å². The molecule has 0 saturated carbocycles. The standard InChI is InChI=1S/C16H19NO2/c1-12(14-6-4-3-5-7-14)19-15-9-8-13(11-17)10-16(15)18-2/h3-10,12H,11,17H2,1-2H3. The van der Waals surface area contributed by atoms with Crippen LogP contribution in [-0.2, 0) is 6.54 Å². The van der Waals surface area contributed by atoms with Gasteiger partial charge in [0.25, 0.3) is 0 Å². The number of nitrogens with two attached hydrogens (primary N) is 1. The third-order valence-corrected chi connectivity index (χ3v) is 3.04. The molecule has 0 bridgehead atoms. The normalized spacial score (nSPS) is 11.9. The molecule has 2 aromatic rings. The smallest absolute Gasteiger partial charge is 0.162 e. The van der Waals surface area contributed by atoms with E-state index in [-0.39, 0.29) is 6.10 Å². The predicted octanol–water partition coefficient (Wildman–Crippen LogP) is 3.29. The van der Waals surface area contributed by atoms with Gasteiger partial charge in [0.15, 0.2) is 11.5 Å². The summed E-state index contributed by atoms with van der Waals surface area (Å²) in [5.74, 6) is 1.45. The first-order chi connectivity index (χ1) is 9.24. The lowest BCUT2D eigenvalue weighted by Gasteiger charge is -2.17. The molecule has 0 radical (unpaired) electrons. The maximum absolute atomic E-state index is 5.96. The highest BCUT2D eigenvalue weighted by molar-refractivity contribution is 5.43. The monoisotopic (exact) mass is 257 g/mol. The average Bonchev–Trinajstić information content (AvgIpc) is 2.48. The van der Waals surface area contributed by atoms with Gasteiger partial charge in [-0.05, 0) is 30.2 Å². The zero-order chi connectivity index (χ0) is 13.7. The molecule has 1 atom stereocenters. The highest BCUT2D eigenvalue weighted by Crippen LogP contribution is 2.31. The Morgan fingerprint density at radius 1 is 1.05 bits per heavy atom. The lowest BCUT2D eigenvalue weighted by molar-refractivity contribution is 0.216. The van der Waals surface area contributed by atoms with Crippen molar-refractivity contribution in [2.75, 3.05) is 7.11 Å². The van der Waals surface area contributed by atoms with Crippen LogP contribution in [0.3, 0.4) is 0 Å². The zero-order valence-corrected chi connectivity index (χ0v) is 11.3. The minimum absolute atomic E-state index is 0.0289. The Labute approximate surface area is 114 Å². The molecular weight excluding hydrogens is 238 g/mol. The second kappa shape index (κ2) is 6.25. The van der Waals surface area contributed by atoms with Gasteiger partial charge in [-0.15, -0.1) is 0 Å². The molecule has 0 amide bonds. The average molecular weight is 257 g/mol. The third-order valence-electron chi connectivity index (χ3n) is 3.04. The molecule has 0 aliphatic rings. The highest BCUT2D eigenvalue weighted by atomic mass is 16.5. The van der Waals surface area contributed by atoms with Crippen molar-refractivity contribution in [2.24, 2.45) is 5.73 Å². The maximum atomic E-state index is 5.96. The van der Waals surface area contributed by atoms with Gasteiger partial charge in [-0.2, -0.15) is 0 Å². The summed E-state index contributed by atoms with van der Waals surface area (Å²) >= 11 is 0. The van der Waals surface area contributed by atoms with Crippen molar-refractivity contribution >= 4 is 0 Å². The third kappa shape index (κ3) is 3.26. The van der Waals surface area contributed by atoms with E-state index in [1.54, 1.807) is 7.11 Å². The molecule has 0 heterocycles. The van der Waals surface area contributed by atoms with Gasteiger partial charge in [0.1, 0.15) is 6.10 Å². The van der Waals surface area contributed by atoms with E-state index in [4.69, 9.17) is 15.2 Å².